The zero-order valence-electron chi connectivity index (χ0n) is 9.72. The Morgan fingerprint density at radius 3 is 2.65 bits per heavy atom. The van der Waals surface area contributed by atoms with Crippen molar-refractivity contribution in [3.63, 3.8) is 0 Å². The van der Waals surface area contributed by atoms with E-state index in [-0.39, 0.29) is 6.61 Å². The van der Waals surface area contributed by atoms with E-state index < -0.39 is 0 Å². The van der Waals surface area contributed by atoms with Crippen molar-refractivity contribution in [3.8, 4) is 17.0 Å². The maximum atomic E-state index is 8.89. The lowest BCUT2D eigenvalue weighted by Crippen LogP contribution is -1.94. The summed E-state index contributed by atoms with van der Waals surface area (Å²) >= 11 is 0. The van der Waals surface area contributed by atoms with Crippen molar-refractivity contribution in [2.24, 2.45) is 0 Å². The zero-order valence-corrected chi connectivity index (χ0v) is 9.72. The number of aliphatic hydroxyl groups is 1. The van der Waals surface area contributed by atoms with Crippen LogP contribution >= 0.6 is 0 Å². The van der Waals surface area contributed by atoms with Crippen LogP contribution in [0.1, 0.15) is 19.1 Å². The molecule has 1 heterocycles. The Kier molecular flexibility index (Phi) is 3.77. The van der Waals surface area contributed by atoms with E-state index in [9.17, 15) is 0 Å². The molecule has 2 aromatic rings. The summed E-state index contributed by atoms with van der Waals surface area (Å²) in [6, 6.07) is 9.37. The zero-order chi connectivity index (χ0) is 12.1. The Labute approximate surface area is 99.8 Å². The van der Waals surface area contributed by atoms with Gasteiger partial charge in [-0.1, -0.05) is 12.1 Å². The minimum atomic E-state index is -0.134. The molecular weight excluding hydrogens is 218 g/mol. The number of rotatable bonds is 5. The molecule has 0 aliphatic rings. The third kappa shape index (κ3) is 2.85. The lowest BCUT2D eigenvalue weighted by molar-refractivity contribution is 0.229. The van der Waals surface area contributed by atoms with E-state index >= 15 is 0 Å². The van der Waals surface area contributed by atoms with Gasteiger partial charge in [0.15, 0.2) is 5.76 Å². The van der Waals surface area contributed by atoms with Crippen LogP contribution < -0.4 is 4.74 Å². The van der Waals surface area contributed by atoms with Gasteiger partial charge in [0.1, 0.15) is 18.1 Å². The topological polar surface area (TPSA) is 55.5 Å². The van der Waals surface area contributed by atoms with Crippen LogP contribution in [0.15, 0.2) is 34.9 Å². The second kappa shape index (κ2) is 5.50. The van der Waals surface area contributed by atoms with Gasteiger partial charge in [-0.05, 0) is 30.7 Å². The standard InChI is InChI=1S/C13H15NO3/c1-2-7-16-11-5-3-10(4-6-11)13-8-12(9-15)17-14-13/h3-6,8,15H,2,7,9H2,1H3. The summed E-state index contributed by atoms with van der Waals surface area (Å²) in [5, 5.41) is 12.8. The summed E-state index contributed by atoms with van der Waals surface area (Å²) < 4.78 is 10.4. The van der Waals surface area contributed by atoms with E-state index in [0.717, 1.165) is 30.0 Å². The maximum Gasteiger partial charge on any atom is 0.162 e. The van der Waals surface area contributed by atoms with Gasteiger partial charge in [0.25, 0.3) is 0 Å². The number of aliphatic hydroxyl groups excluding tert-OH is 1. The van der Waals surface area contributed by atoms with Crippen molar-refractivity contribution in [2.75, 3.05) is 6.61 Å². The van der Waals surface area contributed by atoms with Crippen LogP contribution in [0.4, 0.5) is 0 Å². The Morgan fingerprint density at radius 2 is 2.06 bits per heavy atom. The van der Waals surface area contributed by atoms with Gasteiger partial charge in [-0.3, -0.25) is 0 Å². The van der Waals surface area contributed by atoms with E-state index in [1.807, 2.05) is 24.3 Å². The van der Waals surface area contributed by atoms with Crippen molar-refractivity contribution in [1.29, 1.82) is 0 Å². The van der Waals surface area contributed by atoms with Crippen molar-refractivity contribution in [2.45, 2.75) is 20.0 Å². The average molecular weight is 233 g/mol. The largest absolute Gasteiger partial charge is 0.494 e. The van der Waals surface area contributed by atoms with Gasteiger partial charge in [0.05, 0.1) is 6.61 Å². The highest BCUT2D eigenvalue weighted by molar-refractivity contribution is 5.59. The smallest absolute Gasteiger partial charge is 0.162 e. The fourth-order valence-corrected chi connectivity index (χ4v) is 1.47. The third-order valence-electron chi connectivity index (χ3n) is 2.34. The van der Waals surface area contributed by atoms with Gasteiger partial charge in [-0.15, -0.1) is 0 Å². The molecule has 0 fully saturated rings. The van der Waals surface area contributed by atoms with Crippen LogP contribution in [0.2, 0.25) is 0 Å². The highest BCUT2D eigenvalue weighted by Gasteiger charge is 2.05. The molecule has 0 saturated heterocycles. The first-order chi connectivity index (χ1) is 8.33. The molecule has 4 nitrogen and oxygen atoms in total. The number of ether oxygens (including phenoxy) is 1. The summed E-state index contributed by atoms with van der Waals surface area (Å²) in [5.74, 6) is 1.31. The fourth-order valence-electron chi connectivity index (χ4n) is 1.47. The first-order valence-corrected chi connectivity index (χ1v) is 5.63. The van der Waals surface area contributed by atoms with Gasteiger partial charge >= 0.3 is 0 Å². The molecule has 0 spiro atoms. The second-order valence-corrected chi connectivity index (χ2v) is 3.71. The highest BCUT2D eigenvalue weighted by Crippen LogP contribution is 2.22. The SMILES string of the molecule is CCCOc1ccc(-c2cc(CO)on2)cc1. The monoisotopic (exact) mass is 233 g/mol. The highest BCUT2D eigenvalue weighted by atomic mass is 16.5. The molecule has 0 atom stereocenters. The predicted molar refractivity (Wildman–Crippen MR) is 63.6 cm³/mol. The molecule has 0 amide bonds. The quantitative estimate of drug-likeness (QED) is 0.862. The van der Waals surface area contributed by atoms with Crippen LogP contribution in [0.25, 0.3) is 11.3 Å². The van der Waals surface area contributed by atoms with Crippen LogP contribution in [-0.4, -0.2) is 16.9 Å². The van der Waals surface area contributed by atoms with E-state index in [1.165, 1.54) is 0 Å². The normalized spacial score (nSPS) is 10.5. The number of hydrogen-bond acceptors (Lipinski definition) is 4. The Balaban J connectivity index is 2.11. The van der Waals surface area contributed by atoms with Crippen molar-refractivity contribution >= 4 is 0 Å². The fraction of sp³-hybridized carbons (Fsp3) is 0.308. The van der Waals surface area contributed by atoms with Crippen LogP contribution in [-0.2, 0) is 6.61 Å². The van der Waals surface area contributed by atoms with Gasteiger partial charge in [0.2, 0.25) is 0 Å². The predicted octanol–water partition coefficient (Wildman–Crippen LogP) is 2.62. The van der Waals surface area contributed by atoms with Crippen molar-refractivity contribution in [1.82, 2.24) is 5.16 Å². The van der Waals surface area contributed by atoms with E-state index in [4.69, 9.17) is 14.4 Å². The number of nitrogens with zero attached hydrogens (tertiary/aromatic N) is 1. The molecule has 2 rings (SSSR count). The lowest BCUT2D eigenvalue weighted by atomic mass is 10.1. The Bertz CT molecular complexity index is 462. The Hall–Kier alpha value is -1.81. The molecule has 0 aliphatic heterocycles. The molecule has 4 heteroatoms. The first-order valence-electron chi connectivity index (χ1n) is 5.63. The van der Waals surface area contributed by atoms with Crippen LogP contribution in [0, 0.1) is 0 Å². The van der Waals surface area contributed by atoms with Crippen molar-refractivity contribution in [3.05, 3.63) is 36.1 Å². The molecule has 1 aromatic carbocycles. The lowest BCUT2D eigenvalue weighted by Gasteiger charge is -2.04. The molecule has 0 saturated carbocycles. The van der Waals surface area contributed by atoms with Gasteiger partial charge in [0, 0.05) is 11.6 Å². The molecule has 1 aromatic heterocycles. The minimum absolute atomic E-state index is 0.134. The molecule has 1 N–H and O–H groups in total. The molecule has 0 unspecified atom stereocenters. The van der Waals surface area contributed by atoms with Gasteiger partial charge < -0.3 is 14.4 Å². The molecule has 17 heavy (non-hydrogen) atoms. The number of aromatic nitrogens is 1. The van der Waals surface area contributed by atoms with Gasteiger partial charge in [-0.2, -0.15) is 0 Å². The van der Waals surface area contributed by atoms with E-state index in [2.05, 4.69) is 12.1 Å². The van der Waals surface area contributed by atoms with E-state index in [0.29, 0.717) is 5.76 Å². The average Bonchev–Trinajstić information content (AvgIpc) is 2.86. The molecule has 0 radical (unpaired) electrons. The number of hydrogen-bond donors (Lipinski definition) is 1. The first kappa shape index (κ1) is 11.7. The summed E-state index contributed by atoms with van der Waals surface area (Å²) in [5.41, 5.74) is 1.66. The summed E-state index contributed by atoms with van der Waals surface area (Å²) in [7, 11) is 0. The summed E-state index contributed by atoms with van der Waals surface area (Å²) in [6.45, 7) is 2.66. The Morgan fingerprint density at radius 1 is 1.29 bits per heavy atom. The van der Waals surface area contributed by atoms with E-state index in [1.54, 1.807) is 6.07 Å². The van der Waals surface area contributed by atoms with Crippen LogP contribution in [0.3, 0.4) is 0 Å². The van der Waals surface area contributed by atoms with Gasteiger partial charge in [-0.25, -0.2) is 0 Å². The third-order valence-corrected chi connectivity index (χ3v) is 2.34. The molecule has 0 bridgehead atoms. The maximum absolute atomic E-state index is 8.89. The summed E-state index contributed by atoms with van der Waals surface area (Å²) in [4.78, 5) is 0. The summed E-state index contributed by atoms with van der Waals surface area (Å²) in [6.07, 6.45) is 0.991. The van der Waals surface area contributed by atoms with Crippen molar-refractivity contribution < 1.29 is 14.4 Å². The second-order valence-electron chi connectivity index (χ2n) is 3.71. The molecular formula is C13H15NO3. The number of benzene rings is 1. The molecule has 90 valence electrons. The minimum Gasteiger partial charge on any atom is -0.494 e. The van der Waals surface area contributed by atoms with Crippen LogP contribution in [0.5, 0.6) is 5.75 Å². The molecule has 0 aliphatic carbocycles.